The van der Waals surface area contributed by atoms with Gasteiger partial charge in [-0.05, 0) is 55.5 Å². The second-order valence-electron chi connectivity index (χ2n) is 6.96. The quantitative estimate of drug-likeness (QED) is 0.362. The summed E-state index contributed by atoms with van der Waals surface area (Å²) in [7, 11) is 3.02. The van der Waals surface area contributed by atoms with E-state index in [0.29, 0.717) is 43.9 Å². The van der Waals surface area contributed by atoms with Gasteiger partial charge in [-0.3, -0.25) is 4.79 Å². The Balaban J connectivity index is 2.06. The number of carbonyl (C=O) groups is 2. The molecule has 3 aromatic rings. The third-order valence-corrected chi connectivity index (χ3v) is 5.62. The van der Waals surface area contributed by atoms with Gasteiger partial charge in [-0.25, -0.2) is 4.79 Å². The molecule has 0 heterocycles. The molecule has 0 saturated heterocycles. The molecule has 0 fully saturated rings. The highest BCUT2D eigenvalue weighted by atomic mass is 35.5. The molecule has 0 aromatic heterocycles. The summed E-state index contributed by atoms with van der Waals surface area (Å²) in [5, 5.41) is 0.873. The van der Waals surface area contributed by atoms with Gasteiger partial charge in [-0.1, -0.05) is 29.3 Å². The molecule has 0 unspecified atom stereocenters. The fourth-order valence-corrected chi connectivity index (χ4v) is 3.72. The fraction of sp³-hybridized carbons (Fsp3) is 0.200. The first-order valence-electron chi connectivity index (χ1n) is 10.1. The average molecular weight is 488 g/mol. The SMILES string of the molecule is CCOC(=O)c1ccc(N(Cc2c(Cl)cccc2Cl)C(=O)c2cc(OC)cc(OC)c2)cc1. The van der Waals surface area contributed by atoms with Gasteiger partial charge in [0.2, 0.25) is 0 Å². The topological polar surface area (TPSA) is 65.1 Å². The predicted octanol–water partition coefficient (Wildman–Crippen LogP) is 6.03. The molecule has 33 heavy (non-hydrogen) atoms. The molecule has 0 atom stereocenters. The van der Waals surface area contributed by atoms with Crippen molar-refractivity contribution in [2.45, 2.75) is 13.5 Å². The van der Waals surface area contributed by atoms with Crippen LogP contribution in [0.2, 0.25) is 10.0 Å². The van der Waals surface area contributed by atoms with Crippen LogP contribution in [-0.4, -0.2) is 32.7 Å². The zero-order valence-corrected chi connectivity index (χ0v) is 19.9. The maximum absolute atomic E-state index is 13.7. The Kier molecular flexibility index (Phi) is 8.20. The lowest BCUT2D eigenvalue weighted by Crippen LogP contribution is -2.30. The lowest BCUT2D eigenvalue weighted by Gasteiger charge is -2.25. The lowest BCUT2D eigenvalue weighted by atomic mass is 10.1. The van der Waals surface area contributed by atoms with E-state index in [2.05, 4.69) is 0 Å². The number of carbonyl (C=O) groups excluding carboxylic acids is 2. The van der Waals surface area contributed by atoms with E-state index in [1.807, 2.05) is 0 Å². The summed E-state index contributed by atoms with van der Waals surface area (Å²) in [5.41, 5.74) is 1.88. The average Bonchev–Trinajstić information content (AvgIpc) is 2.83. The van der Waals surface area contributed by atoms with Crippen molar-refractivity contribution < 1.29 is 23.8 Å². The zero-order chi connectivity index (χ0) is 24.0. The van der Waals surface area contributed by atoms with Crippen LogP contribution in [0.4, 0.5) is 5.69 Å². The number of hydrogen-bond donors (Lipinski definition) is 0. The van der Waals surface area contributed by atoms with E-state index >= 15 is 0 Å². The van der Waals surface area contributed by atoms with Crippen molar-refractivity contribution in [3.05, 3.63) is 87.4 Å². The largest absolute Gasteiger partial charge is 0.497 e. The van der Waals surface area contributed by atoms with Crippen molar-refractivity contribution >= 4 is 40.8 Å². The summed E-state index contributed by atoms with van der Waals surface area (Å²) in [6, 6.07) is 16.6. The molecule has 0 saturated carbocycles. The van der Waals surface area contributed by atoms with Gasteiger partial charge in [0.25, 0.3) is 5.91 Å². The van der Waals surface area contributed by atoms with E-state index in [-0.39, 0.29) is 19.1 Å². The van der Waals surface area contributed by atoms with Crippen LogP contribution in [-0.2, 0) is 11.3 Å². The number of esters is 1. The highest BCUT2D eigenvalue weighted by molar-refractivity contribution is 6.36. The summed E-state index contributed by atoms with van der Waals surface area (Å²) in [5.74, 6) is 0.192. The fourth-order valence-electron chi connectivity index (χ4n) is 3.20. The standard InChI is InChI=1S/C25H23Cl2NO5/c1-4-33-25(30)16-8-10-18(11-9-16)28(15-21-22(26)6-5-7-23(21)27)24(29)17-12-19(31-2)14-20(13-17)32-3/h5-14H,4,15H2,1-3H3. The van der Waals surface area contributed by atoms with Gasteiger partial charge in [0, 0.05) is 32.9 Å². The van der Waals surface area contributed by atoms with Crippen molar-refractivity contribution in [1.82, 2.24) is 0 Å². The van der Waals surface area contributed by atoms with Gasteiger partial charge in [-0.2, -0.15) is 0 Å². The Bertz CT molecular complexity index is 1110. The molecule has 3 aromatic carbocycles. The predicted molar refractivity (Wildman–Crippen MR) is 129 cm³/mol. The van der Waals surface area contributed by atoms with Crippen LogP contribution in [0.15, 0.2) is 60.7 Å². The van der Waals surface area contributed by atoms with Crippen molar-refractivity contribution in [3.63, 3.8) is 0 Å². The Morgan fingerprint density at radius 1 is 0.848 bits per heavy atom. The van der Waals surface area contributed by atoms with Gasteiger partial charge < -0.3 is 19.1 Å². The normalized spacial score (nSPS) is 10.5. The number of amides is 1. The maximum atomic E-state index is 13.7. The molecule has 0 bridgehead atoms. The number of methoxy groups -OCH3 is 2. The van der Waals surface area contributed by atoms with Gasteiger partial charge in [0.05, 0.1) is 32.9 Å². The minimum atomic E-state index is -0.436. The van der Waals surface area contributed by atoms with E-state index in [0.717, 1.165) is 0 Å². The number of rotatable bonds is 8. The summed E-state index contributed by atoms with van der Waals surface area (Å²) in [6.45, 7) is 2.12. The second-order valence-corrected chi connectivity index (χ2v) is 7.77. The van der Waals surface area contributed by atoms with Gasteiger partial charge in [-0.15, -0.1) is 0 Å². The molecular formula is C25H23Cl2NO5. The van der Waals surface area contributed by atoms with Crippen LogP contribution in [0, 0.1) is 0 Å². The van der Waals surface area contributed by atoms with Gasteiger partial charge in [0.15, 0.2) is 0 Å². The lowest BCUT2D eigenvalue weighted by molar-refractivity contribution is 0.0526. The minimum Gasteiger partial charge on any atom is -0.497 e. The number of nitrogens with zero attached hydrogens (tertiary/aromatic N) is 1. The molecule has 0 radical (unpaired) electrons. The molecule has 0 aliphatic carbocycles. The summed E-state index contributed by atoms with van der Waals surface area (Å²) in [6.07, 6.45) is 0. The maximum Gasteiger partial charge on any atom is 0.338 e. The van der Waals surface area contributed by atoms with E-state index in [1.165, 1.54) is 19.1 Å². The molecule has 0 aliphatic heterocycles. The van der Waals surface area contributed by atoms with Gasteiger partial charge in [0.1, 0.15) is 11.5 Å². The highest BCUT2D eigenvalue weighted by Crippen LogP contribution is 2.31. The third kappa shape index (κ3) is 5.78. The van der Waals surface area contributed by atoms with E-state index in [4.69, 9.17) is 37.4 Å². The summed E-state index contributed by atoms with van der Waals surface area (Å²) >= 11 is 12.8. The van der Waals surface area contributed by atoms with Crippen molar-refractivity contribution in [3.8, 4) is 11.5 Å². The number of anilines is 1. The molecule has 0 N–H and O–H groups in total. The first kappa shape index (κ1) is 24.4. The van der Waals surface area contributed by atoms with Crippen LogP contribution in [0.1, 0.15) is 33.2 Å². The summed E-state index contributed by atoms with van der Waals surface area (Å²) < 4.78 is 15.7. The van der Waals surface area contributed by atoms with Crippen molar-refractivity contribution in [2.75, 3.05) is 25.7 Å². The first-order chi connectivity index (χ1) is 15.9. The van der Waals surface area contributed by atoms with Crippen molar-refractivity contribution in [2.24, 2.45) is 0 Å². The molecular weight excluding hydrogens is 465 g/mol. The van der Waals surface area contributed by atoms with E-state index in [9.17, 15) is 9.59 Å². The minimum absolute atomic E-state index is 0.107. The van der Waals surface area contributed by atoms with Crippen LogP contribution in [0.25, 0.3) is 0 Å². The second kappa shape index (κ2) is 11.1. The third-order valence-electron chi connectivity index (χ3n) is 4.91. The molecule has 0 spiro atoms. The number of hydrogen-bond acceptors (Lipinski definition) is 5. The summed E-state index contributed by atoms with van der Waals surface area (Å²) in [4.78, 5) is 27.2. The molecule has 3 rings (SSSR count). The first-order valence-corrected chi connectivity index (χ1v) is 10.9. The Labute approximate surface area is 202 Å². The number of ether oxygens (including phenoxy) is 3. The number of halogens is 2. The van der Waals surface area contributed by atoms with Crippen LogP contribution in [0.5, 0.6) is 11.5 Å². The molecule has 8 heteroatoms. The van der Waals surface area contributed by atoms with Crippen LogP contribution < -0.4 is 14.4 Å². The smallest absolute Gasteiger partial charge is 0.338 e. The number of benzene rings is 3. The van der Waals surface area contributed by atoms with E-state index < -0.39 is 5.97 Å². The Morgan fingerprint density at radius 3 is 1.94 bits per heavy atom. The molecule has 6 nitrogen and oxygen atoms in total. The van der Waals surface area contributed by atoms with Crippen LogP contribution >= 0.6 is 23.2 Å². The van der Waals surface area contributed by atoms with Crippen LogP contribution in [0.3, 0.4) is 0 Å². The Morgan fingerprint density at radius 2 is 1.42 bits per heavy atom. The van der Waals surface area contributed by atoms with E-state index in [1.54, 1.807) is 67.6 Å². The van der Waals surface area contributed by atoms with Crippen molar-refractivity contribution in [1.29, 1.82) is 0 Å². The zero-order valence-electron chi connectivity index (χ0n) is 18.4. The van der Waals surface area contributed by atoms with Gasteiger partial charge >= 0.3 is 5.97 Å². The monoisotopic (exact) mass is 487 g/mol. The molecule has 1 amide bonds. The highest BCUT2D eigenvalue weighted by Gasteiger charge is 2.22. The molecule has 0 aliphatic rings. The molecule has 172 valence electrons. The Hall–Kier alpha value is -3.22.